The van der Waals surface area contributed by atoms with E-state index in [9.17, 15) is 4.79 Å². The van der Waals surface area contributed by atoms with E-state index in [2.05, 4.69) is 18.5 Å². The highest BCUT2D eigenvalue weighted by molar-refractivity contribution is 5.94. The fourth-order valence-electron chi connectivity index (χ4n) is 1.07. The minimum absolute atomic E-state index is 0.288. The van der Waals surface area contributed by atoms with E-state index >= 15 is 0 Å². The maximum absolute atomic E-state index is 10.7. The van der Waals surface area contributed by atoms with Crippen LogP contribution in [0.15, 0.2) is 28.9 Å². The van der Waals surface area contributed by atoms with Gasteiger partial charge >= 0.3 is 0 Å². The zero-order valence-corrected chi connectivity index (χ0v) is 9.13. The van der Waals surface area contributed by atoms with Crippen molar-refractivity contribution in [2.75, 3.05) is 0 Å². The smallest absolute Gasteiger partial charge is 0.248 e. The average Bonchev–Trinajstić information content (AvgIpc) is 2.03. The predicted octanol–water partition coefficient (Wildman–Crippen LogP) is 2.19. The molecule has 0 aliphatic rings. The van der Waals surface area contributed by atoms with Gasteiger partial charge in [0.05, 0.1) is 0 Å². The lowest BCUT2D eigenvalue weighted by molar-refractivity contribution is -0.114. The molecule has 1 amide bonds. The van der Waals surface area contributed by atoms with Gasteiger partial charge in [-0.2, -0.15) is 0 Å². The highest BCUT2D eigenvalue weighted by atomic mass is 16.1. The van der Waals surface area contributed by atoms with Crippen LogP contribution in [0.3, 0.4) is 0 Å². The molecule has 0 aromatic carbocycles. The predicted molar refractivity (Wildman–Crippen MR) is 60.1 cm³/mol. The summed E-state index contributed by atoms with van der Waals surface area (Å²) in [5.74, 6) is -0.507. The molecule has 0 aromatic rings. The molecule has 78 valence electrons. The van der Waals surface area contributed by atoms with Crippen LogP contribution in [0.5, 0.6) is 0 Å². The summed E-state index contributed by atoms with van der Waals surface area (Å²) in [5, 5.41) is 0. The first-order chi connectivity index (χ1) is 6.47. The summed E-state index contributed by atoms with van der Waals surface area (Å²) in [5.41, 5.74) is 7.15. The molecule has 14 heavy (non-hydrogen) atoms. The molecule has 0 heterocycles. The third kappa shape index (κ3) is 5.30. The van der Waals surface area contributed by atoms with Crippen molar-refractivity contribution in [3.63, 3.8) is 0 Å². The van der Waals surface area contributed by atoms with E-state index in [0.29, 0.717) is 0 Å². The Hall–Kier alpha value is -1.38. The summed E-state index contributed by atoms with van der Waals surface area (Å²) in [6, 6.07) is 0. The number of rotatable bonds is 5. The van der Waals surface area contributed by atoms with Crippen molar-refractivity contribution in [2.24, 2.45) is 10.7 Å². The molecule has 0 atom stereocenters. The second-order valence-electron chi connectivity index (χ2n) is 3.27. The minimum Gasteiger partial charge on any atom is -0.366 e. The number of aliphatic imine (C=N–C) groups is 1. The van der Waals surface area contributed by atoms with Crippen molar-refractivity contribution < 1.29 is 4.79 Å². The molecular formula is C11H18N2O. The first-order valence-corrected chi connectivity index (χ1v) is 4.68. The standard InChI is InChI=1S/C11H18N2O/c1-5-6-9(3)13-10(4)7-8(2)11(12)14/h7H,2,5-6H2,1,3-4H3,(H2,12,14)/b10-7-,13-9?. The number of hydrogen-bond donors (Lipinski definition) is 1. The van der Waals surface area contributed by atoms with Crippen LogP contribution in [0, 0.1) is 0 Å². The van der Waals surface area contributed by atoms with Gasteiger partial charge in [0.25, 0.3) is 0 Å². The number of nitrogens with zero attached hydrogens (tertiary/aromatic N) is 1. The van der Waals surface area contributed by atoms with Crippen LogP contribution in [-0.4, -0.2) is 11.6 Å². The van der Waals surface area contributed by atoms with E-state index in [1.165, 1.54) is 0 Å². The number of allylic oxidation sites excluding steroid dienone is 1. The van der Waals surface area contributed by atoms with Crippen molar-refractivity contribution >= 4 is 11.6 Å². The summed E-state index contributed by atoms with van der Waals surface area (Å²) in [6.45, 7) is 9.42. The lowest BCUT2D eigenvalue weighted by Gasteiger charge is -1.98. The fourth-order valence-corrected chi connectivity index (χ4v) is 1.07. The Kier molecular flexibility index (Phi) is 5.53. The highest BCUT2D eigenvalue weighted by Gasteiger charge is 1.97. The Morgan fingerprint density at radius 3 is 2.50 bits per heavy atom. The van der Waals surface area contributed by atoms with Gasteiger partial charge in [-0.3, -0.25) is 9.79 Å². The highest BCUT2D eigenvalue weighted by Crippen LogP contribution is 2.03. The Morgan fingerprint density at radius 2 is 2.07 bits per heavy atom. The molecule has 0 saturated carbocycles. The van der Waals surface area contributed by atoms with E-state index in [4.69, 9.17) is 5.73 Å². The van der Waals surface area contributed by atoms with E-state index in [1.54, 1.807) is 6.08 Å². The molecule has 0 aliphatic carbocycles. The lowest BCUT2D eigenvalue weighted by Crippen LogP contribution is -2.11. The topological polar surface area (TPSA) is 55.4 Å². The summed E-state index contributed by atoms with van der Waals surface area (Å²) in [7, 11) is 0. The van der Waals surface area contributed by atoms with Crippen molar-refractivity contribution in [1.29, 1.82) is 0 Å². The summed E-state index contributed by atoms with van der Waals surface area (Å²) < 4.78 is 0. The normalized spacial score (nSPS) is 12.8. The van der Waals surface area contributed by atoms with Crippen molar-refractivity contribution in [3.8, 4) is 0 Å². The number of hydrogen-bond acceptors (Lipinski definition) is 2. The molecule has 0 fully saturated rings. The van der Waals surface area contributed by atoms with Gasteiger partial charge in [0.15, 0.2) is 0 Å². The molecule has 2 N–H and O–H groups in total. The summed E-state index contributed by atoms with van der Waals surface area (Å²) >= 11 is 0. The number of carbonyl (C=O) groups excluding carboxylic acids is 1. The maximum atomic E-state index is 10.7. The van der Waals surface area contributed by atoms with Crippen LogP contribution in [0.2, 0.25) is 0 Å². The second-order valence-corrected chi connectivity index (χ2v) is 3.27. The van der Waals surface area contributed by atoms with Gasteiger partial charge in [0, 0.05) is 17.0 Å². The Balaban J connectivity index is 4.47. The summed E-state index contributed by atoms with van der Waals surface area (Å²) in [6.07, 6.45) is 3.63. The van der Waals surface area contributed by atoms with Gasteiger partial charge in [-0.25, -0.2) is 0 Å². The molecule has 3 heteroatoms. The van der Waals surface area contributed by atoms with E-state index in [0.717, 1.165) is 24.3 Å². The monoisotopic (exact) mass is 194 g/mol. The zero-order chi connectivity index (χ0) is 11.1. The van der Waals surface area contributed by atoms with Gasteiger partial charge in [-0.15, -0.1) is 0 Å². The number of amides is 1. The lowest BCUT2D eigenvalue weighted by atomic mass is 10.2. The summed E-state index contributed by atoms with van der Waals surface area (Å²) in [4.78, 5) is 15.0. The van der Waals surface area contributed by atoms with E-state index in [1.807, 2.05) is 13.8 Å². The number of nitrogens with two attached hydrogens (primary N) is 1. The van der Waals surface area contributed by atoms with Crippen LogP contribution in [-0.2, 0) is 4.79 Å². The van der Waals surface area contributed by atoms with E-state index < -0.39 is 5.91 Å². The quantitative estimate of drug-likeness (QED) is 0.407. The Morgan fingerprint density at radius 1 is 1.50 bits per heavy atom. The van der Waals surface area contributed by atoms with Crippen molar-refractivity contribution in [3.05, 3.63) is 23.9 Å². The molecule has 0 unspecified atom stereocenters. The second kappa shape index (κ2) is 6.13. The van der Waals surface area contributed by atoms with Crippen LogP contribution in [0.1, 0.15) is 33.6 Å². The Bertz CT molecular complexity index is 288. The molecule has 0 bridgehead atoms. The molecule has 0 aliphatic heterocycles. The van der Waals surface area contributed by atoms with Crippen LogP contribution >= 0.6 is 0 Å². The van der Waals surface area contributed by atoms with E-state index in [-0.39, 0.29) is 5.57 Å². The van der Waals surface area contributed by atoms with Crippen LogP contribution < -0.4 is 5.73 Å². The van der Waals surface area contributed by atoms with Gasteiger partial charge in [0.2, 0.25) is 5.91 Å². The van der Waals surface area contributed by atoms with Gasteiger partial charge in [-0.1, -0.05) is 19.9 Å². The first kappa shape index (κ1) is 12.6. The molecule has 0 saturated heterocycles. The average molecular weight is 194 g/mol. The SMILES string of the molecule is C=C(/C=C(/C)N=C(C)CCC)C(N)=O. The molecular weight excluding hydrogens is 176 g/mol. The van der Waals surface area contributed by atoms with Crippen molar-refractivity contribution in [2.45, 2.75) is 33.6 Å². The molecule has 0 spiro atoms. The van der Waals surface area contributed by atoms with Crippen LogP contribution in [0.4, 0.5) is 0 Å². The minimum atomic E-state index is -0.507. The maximum Gasteiger partial charge on any atom is 0.248 e. The number of primary amides is 1. The van der Waals surface area contributed by atoms with Gasteiger partial charge in [0.1, 0.15) is 0 Å². The molecule has 0 rings (SSSR count). The van der Waals surface area contributed by atoms with Gasteiger partial charge < -0.3 is 5.73 Å². The number of carbonyl (C=O) groups is 1. The molecule has 3 nitrogen and oxygen atoms in total. The largest absolute Gasteiger partial charge is 0.366 e. The van der Waals surface area contributed by atoms with Crippen molar-refractivity contribution in [1.82, 2.24) is 0 Å². The first-order valence-electron chi connectivity index (χ1n) is 4.68. The molecule has 0 aromatic heterocycles. The third-order valence-corrected chi connectivity index (χ3v) is 1.68. The Labute approximate surface area is 85.4 Å². The zero-order valence-electron chi connectivity index (χ0n) is 9.13. The van der Waals surface area contributed by atoms with Gasteiger partial charge in [-0.05, 0) is 26.3 Å². The fraction of sp³-hybridized carbons (Fsp3) is 0.455. The van der Waals surface area contributed by atoms with Crippen LogP contribution in [0.25, 0.3) is 0 Å². The molecule has 0 radical (unpaired) electrons. The third-order valence-electron chi connectivity index (χ3n) is 1.68.